The summed E-state index contributed by atoms with van der Waals surface area (Å²) < 4.78 is 10.5. The molecule has 0 spiro atoms. The molecule has 158 valence electrons. The monoisotopic (exact) mass is 434 g/mol. The molecule has 7 nitrogen and oxygen atoms in total. The van der Waals surface area contributed by atoms with Crippen LogP contribution in [0.3, 0.4) is 0 Å². The normalized spacial score (nSPS) is 10.8. The molecule has 0 unspecified atom stereocenters. The molecule has 2 aromatic heterocycles. The van der Waals surface area contributed by atoms with Gasteiger partial charge in [-0.1, -0.05) is 17.3 Å². The van der Waals surface area contributed by atoms with Crippen LogP contribution >= 0.6 is 11.3 Å². The zero-order valence-corrected chi connectivity index (χ0v) is 18.1. The number of benzene rings is 2. The van der Waals surface area contributed by atoms with Crippen molar-refractivity contribution in [1.29, 1.82) is 0 Å². The number of amides is 1. The lowest BCUT2D eigenvalue weighted by Gasteiger charge is -2.06. The molecular formula is C23H22N4O3S. The van der Waals surface area contributed by atoms with Gasteiger partial charge in [0, 0.05) is 35.0 Å². The molecule has 0 aliphatic carbocycles. The molecule has 0 fully saturated rings. The van der Waals surface area contributed by atoms with E-state index in [-0.39, 0.29) is 5.91 Å². The van der Waals surface area contributed by atoms with E-state index in [0.717, 1.165) is 33.3 Å². The van der Waals surface area contributed by atoms with Crippen LogP contribution in [0.15, 0.2) is 58.4 Å². The molecule has 4 aromatic rings. The number of thiazole rings is 1. The van der Waals surface area contributed by atoms with Gasteiger partial charge < -0.3 is 14.6 Å². The first-order valence-electron chi connectivity index (χ1n) is 9.90. The smallest absolute Gasteiger partial charge is 0.226 e. The number of aryl methyl sites for hydroxylation is 2. The van der Waals surface area contributed by atoms with Crippen LogP contribution < -0.4 is 10.1 Å². The van der Waals surface area contributed by atoms with Gasteiger partial charge in [0.05, 0.1) is 17.8 Å². The molecule has 2 heterocycles. The largest absolute Gasteiger partial charge is 0.497 e. The van der Waals surface area contributed by atoms with Crippen LogP contribution in [0.25, 0.3) is 22.6 Å². The lowest BCUT2D eigenvalue weighted by Crippen LogP contribution is -2.11. The van der Waals surface area contributed by atoms with E-state index in [1.165, 1.54) is 0 Å². The Bertz CT molecular complexity index is 1170. The number of nitrogens with one attached hydrogen (secondary N) is 1. The summed E-state index contributed by atoms with van der Waals surface area (Å²) in [5, 5.41) is 9.99. The maximum Gasteiger partial charge on any atom is 0.226 e. The van der Waals surface area contributed by atoms with Crippen molar-refractivity contribution in [3.05, 3.63) is 64.8 Å². The second-order valence-electron chi connectivity index (χ2n) is 6.97. The summed E-state index contributed by atoms with van der Waals surface area (Å²) in [6.07, 6.45) is 1.51. The number of anilines is 1. The SMILES string of the molecule is COc1ccc(-c2noc(CCCC(=O)Nc3cccc(-c4csc(C)n4)c3)n2)cc1. The summed E-state index contributed by atoms with van der Waals surface area (Å²) in [5.74, 6) is 1.75. The summed E-state index contributed by atoms with van der Waals surface area (Å²) in [6, 6.07) is 15.2. The molecule has 8 heteroatoms. The van der Waals surface area contributed by atoms with Crippen LogP contribution in [0.1, 0.15) is 23.7 Å². The van der Waals surface area contributed by atoms with E-state index in [1.54, 1.807) is 18.4 Å². The van der Waals surface area contributed by atoms with Crippen molar-refractivity contribution in [3.63, 3.8) is 0 Å². The van der Waals surface area contributed by atoms with Crippen molar-refractivity contribution >= 4 is 22.9 Å². The van der Waals surface area contributed by atoms with Crippen LogP contribution in [0, 0.1) is 6.92 Å². The maximum absolute atomic E-state index is 12.3. The summed E-state index contributed by atoms with van der Waals surface area (Å²) >= 11 is 1.61. The first-order chi connectivity index (χ1) is 15.1. The van der Waals surface area contributed by atoms with E-state index in [9.17, 15) is 4.79 Å². The standard InChI is InChI=1S/C23H22N4O3S/c1-15-24-20(14-31-15)17-5-3-6-18(13-17)25-21(28)7-4-8-22-26-23(27-30-22)16-9-11-19(29-2)12-10-16/h3,5-6,9-14H,4,7-8H2,1-2H3,(H,25,28). The van der Waals surface area contributed by atoms with Crippen molar-refractivity contribution in [1.82, 2.24) is 15.1 Å². The van der Waals surface area contributed by atoms with E-state index in [1.807, 2.05) is 60.8 Å². The molecule has 0 bridgehead atoms. The van der Waals surface area contributed by atoms with Gasteiger partial charge in [0.2, 0.25) is 17.6 Å². The molecule has 0 saturated heterocycles. The van der Waals surface area contributed by atoms with E-state index in [2.05, 4.69) is 20.4 Å². The second-order valence-corrected chi connectivity index (χ2v) is 8.04. The van der Waals surface area contributed by atoms with Crippen molar-refractivity contribution in [3.8, 4) is 28.4 Å². The molecule has 1 N–H and O–H groups in total. The van der Waals surface area contributed by atoms with E-state index >= 15 is 0 Å². The summed E-state index contributed by atoms with van der Waals surface area (Å²) in [7, 11) is 1.62. The fourth-order valence-electron chi connectivity index (χ4n) is 3.09. The number of hydrogen-bond donors (Lipinski definition) is 1. The number of ether oxygens (including phenoxy) is 1. The van der Waals surface area contributed by atoms with Gasteiger partial charge >= 0.3 is 0 Å². The predicted octanol–water partition coefficient (Wildman–Crippen LogP) is 5.14. The predicted molar refractivity (Wildman–Crippen MR) is 120 cm³/mol. The third-order valence-electron chi connectivity index (χ3n) is 4.67. The van der Waals surface area contributed by atoms with Gasteiger partial charge in [-0.05, 0) is 49.7 Å². The molecule has 0 aliphatic rings. The molecule has 0 saturated carbocycles. The van der Waals surface area contributed by atoms with Crippen molar-refractivity contribution in [2.24, 2.45) is 0 Å². The summed E-state index contributed by atoms with van der Waals surface area (Å²) in [4.78, 5) is 21.2. The minimum atomic E-state index is -0.0542. The van der Waals surface area contributed by atoms with Crippen LogP contribution in [0.2, 0.25) is 0 Å². The Morgan fingerprint density at radius 2 is 1.97 bits per heavy atom. The lowest BCUT2D eigenvalue weighted by molar-refractivity contribution is -0.116. The Balaban J connectivity index is 1.28. The van der Waals surface area contributed by atoms with Gasteiger partial charge in [0.15, 0.2) is 0 Å². The number of carbonyl (C=O) groups is 1. The highest BCUT2D eigenvalue weighted by Gasteiger charge is 2.11. The van der Waals surface area contributed by atoms with Gasteiger partial charge in [-0.25, -0.2) is 4.98 Å². The first kappa shape index (κ1) is 20.7. The van der Waals surface area contributed by atoms with Gasteiger partial charge in [0.1, 0.15) is 5.75 Å². The fraction of sp³-hybridized carbons (Fsp3) is 0.217. The minimum absolute atomic E-state index is 0.0542. The minimum Gasteiger partial charge on any atom is -0.497 e. The average Bonchev–Trinajstić information content (AvgIpc) is 3.43. The van der Waals surface area contributed by atoms with Crippen molar-refractivity contribution in [2.75, 3.05) is 12.4 Å². The number of aromatic nitrogens is 3. The summed E-state index contributed by atoms with van der Waals surface area (Å²) in [5.41, 5.74) is 3.51. The van der Waals surface area contributed by atoms with Gasteiger partial charge in [-0.2, -0.15) is 4.98 Å². The van der Waals surface area contributed by atoms with Gasteiger partial charge in [0.25, 0.3) is 0 Å². The third kappa shape index (κ3) is 5.35. The van der Waals surface area contributed by atoms with Crippen molar-refractivity contribution < 1.29 is 14.1 Å². The summed E-state index contributed by atoms with van der Waals surface area (Å²) in [6.45, 7) is 1.98. The zero-order valence-electron chi connectivity index (χ0n) is 17.3. The van der Waals surface area contributed by atoms with Crippen LogP contribution in [0.4, 0.5) is 5.69 Å². The highest BCUT2D eigenvalue weighted by molar-refractivity contribution is 7.09. The Kier molecular flexibility index (Phi) is 6.37. The number of rotatable bonds is 8. The van der Waals surface area contributed by atoms with Crippen molar-refractivity contribution in [2.45, 2.75) is 26.2 Å². The Morgan fingerprint density at radius 3 is 2.71 bits per heavy atom. The topological polar surface area (TPSA) is 90.1 Å². The number of methoxy groups -OCH3 is 1. The molecule has 2 aromatic carbocycles. The van der Waals surface area contributed by atoms with E-state index < -0.39 is 0 Å². The number of carbonyl (C=O) groups excluding carboxylic acids is 1. The Hall–Kier alpha value is -3.52. The molecule has 4 rings (SSSR count). The fourth-order valence-corrected chi connectivity index (χ4v) is 3.71. The molecule has 31 heavy (non-hydrogen) atoms. The molecule has 0 radical (unpaired) electrons. The average molecular weight is 435 g/mol. The highest BCUT2D eigenvalue weighted by atomic mass is 32.1. The molecule has 1 amide bonds. The van der Waals surface area contributed by atoms with Gasteiger partial charge in [-0.3, -0.25) is 4.79 Å². The zero-order chi connectivity index (χ0) is 21.6. The van der Waals surface area contributed by atoms with E-state index in [0.29, 0.717) is 31.0 Å². The molecule has 0 aliphatic heterocycles. The second kappa shape index (κ2) is 9.53. The van der Waals surface area contributed by atoms with Crippen LogP contribution in [-0.2, 0) is 11.2 Å². The lowest BCUT2D eigenvalue weighted by atomic mass is 10.1. The first-order valence-corrected chi connectivity index (χ1v) is 10.8. The number of nitrogens with zero attached hydrogens (tertiary/aromatic N) is 3. The maximum atomic E-state index is 12.3. The van der Waals surface area contributed by atoms with E-state index in [4.69, 9.17) is 9.26 Å². The Morgan fingerprint density at radius 1 is 1.13 bits per heavy atom. The highest BCUT2D eigenvalue weighted by Crippen LogP contribution is 2.24. The molecular weight excluding hydrogens is 412 g/mol. The number of hydrogen-bond acceptors (Lipinski definition) is 7. The molecule has 0 atom stereocenters. The third-order valence-corrected chi connectivity index (χ3v) is 5.45. The van der Waals surface area contributed by atoms with Gasteiger partial charge in [-0.15, -0.1) is 11.3 Å². The Labute approximate surface area is 184 Å². The quantitative estimate of drug-likeness (QED) is 0.413. The van der Waals surface area contributed by atoms with Crippen LogP contribution in [-0.4, -0.2) is 28.1 Å². The van der Waals surface area contributed by atoms with Crippen LogP contribution in [0.5, 0.6) is 5.75 Å².